The van der Waals surface area contributed by atoms with E-state index in [1.165, 1.54) is 0 Å². The van der Waals surface area contributed by atoms with Gasteiger partial charge in [-0.05, 0) is 24.1 Å². The average molecular weight is 381 g/mol. The number of hydrogen-bond acceptors (Lipinski definition) is 6. The van der Waals surface area contributed by atoms with E-state index in [2.05, 4.69) is 0 Å². The third kappa shape index (κ3) is 4.58. The largest absolute Gasteiger partial charge is 0.497 e. The van der Waals surface area contributed by atoms with E-state index < -0.39 is 30.3 Å². The van der Waals surface area contributed by atoms with Crippen molar-refractivity contribution in [2.45, 2.75) is 18.9 Å². The van der Waals surface area contributed by atoms with E-state index in [9.17, 15) is 19.5 Å². The molecule has 0 saturated carbocycles. The number of carboxylic acid groups (broad SMARTS) is 2. The molecule has 1 atom stereocenters. The number of thiocarbonyl (C=S) groups is 1. The average Bonchev–Trinajstić information content (AvgIpc) is 2.85. The molecule has 2 N–H and O–H groups in total. The minimum absolute atomic E-state index is 0.0413. The van der Waals surface area contributed by atoms with Crippen molar-refractivity contribution in [1.82, 2.24) is 4.90 Å². The number of carbonyl (C=O) groups is 3. The second-order valence-corrected chi connectivity index (χ2v) is 6.79. The molecule has 1 aliphatic heterocycles. The van der Waals surface area contributed by atoms with Gasteiger partial charge < -0.3 is 14.9 Å². The van der Waals surface area contributed by atoms with Gasteiger partial charge in [0.05, 0.1) is 18.4 Å². The minimum atomic E-state index is -1.52. The first-order valence-electron chi connectivity index (χ1n) is 7.16. The van der Waals surface area contributed by atoms with Crippen LogP contribution in [-0.2, 0) is 20.8 Å². The van der Waals surface area contributed by atoms with Gasteiger partial charge in [-0.25, -0.2) is 4.79 Å². The Morgan fingerprint density at radius 3 is 2.48 bits per heavy atom. The molecule has 1 unspecified atom stereocenters. The molecule has 1 heterocycles. The lowest BCUT2D eigenvalue weighted by molar-refractivity contribution is -0.150. The molecule has 1 aromatic rings. The molecule has 9 heteroatoms. The van der Waals surface area contributed by atoms with E-state index in [0.717, 1.165) is 22.2 Å². The number of carboxylic acids is 2. The van der Waals surface area contributed by atoms with Gasteiger partial charge in [0, 0.05) is 0 Å². The summed E-state index contributed by atoms with van der Waals surface area (Å²) in [6.45, 7) is 0. The van der Waals surface area contributed by atoms with Gasteiger partial charge in [-0.15, -0.1) is 0 Å². The second-order valence-electron chi connectivity index (χ2n) is 5.12. The number of amides is 1. The topological polar surface area (TPSA) is 104 Å². The van der Waals surface area contributed by atoms with Crippen LogP contribution in [0.25, 0.3) is 0 Å². The highest BCUT2D eigenvalue weighted by atomic mass is 32.2. The molecule has 0 spiro atoms. The van der Waals surface area contributed by atoms with Crippen LogP contribution in [0.1, 0.15) is 12.0 Å². The Balaban J connectivity index is 2.15. The molecular formula is C16H15NO6S2. The van der Waals surface area contributed by atoms with Crippen LogP contribution in [0.5, 0.6) is 5.75 Å². The number of thioether (sulfide) groups is 1. The molecular weight excluding hydrogens is 366 g/mol. The highest BCUT2D eigenvalue weighted by Gasteiger charge is 2.41. The molecule has 7 nitrogen and oxygen atoms in total. The van der Waals surface area contributed by atoms with E-state index in [0.29, 0.717) is 12.2 Å². The predicted octanol–water partition coefficient (Wildman–Crippen LogP) is 1.91. The fraction of sp³-hybridized carbons (Fsp3) is 0.250. The van der Waals surface area contributed by atoms with Crippen molar-refractivity contribution in [2.75, 3.05) is 7.11 Å². The van der Waals surface area contributed by atoms with Gasteiger partial charge in [-0.2, -0.15) is 0 Å². The van der Waals surface area contributed by atoms with Crippen LogP contribution in [0, 0.1) is 0 Å². The Hall–Kier alpha value is -2.39. The van der Waals surface area contributed by atoms with Crippen molar-refractivity contribution in [3.05, 3.63) is 40.8 Å². The zero-order chi connectivity index (χ0) is 18.6. The van der Waals surface area contributed by atoms with E-state index in [-0.39, 0.29) is 9.23 Å². The van der Waals surface area contributed by atoms with Crippen LogP contribution in [0.2, 0.25) is 0 Å². The molecule has 0 bridgehead atoms. The summed E-state index contributed by atoms with van der Waals surface area (Å²) in [5.74, 6) is -2.59. The third-order valence-corrected chi connectivity index (χ3v) is 4.85. The van der Waals surface area contributed by atoms with Gasteiger partial charge >= 0.3 is 11.9 Å². The van der Waals surface area contributed by atoms with Crippen molar-refractivity contribution in [3.8, 4) is 5.75 Å². The Bertz CT molecular complexity index is 743. The summed E-state index contributed by atoms with van der Waals surface area (Å²) in [5, 5.41) is 18.1. The van der Waals surface area contributed by atoms with Crippen LogP contribution in [0.4, 0.5) is 0 Å². The van der Waals surface area contributed by atoms with Crippen molar-refractivity contribution < 1.29 is 29.3 Å². The quantitative estimate of drug-likeness (QED) is 0.545. The third-order valence-electron chi connectivity index (χ3n) is 3.47. The van der Waals surface area contributed by atoms with Crippen molar-refractivity contribution in [1.29, 1.82) is 0 Å². The molecule has 1 aromatic carbocycles. The smallest absolute Gasteiger partial charge is 0.327 e. The van der Waals surface area contributed by atoms with Gasteiger partial charge in [-0.1, -0.05) is 42.2 Å². The Morgan fingerprint density at radius 2 is 1.96 bits per heavy atom. The number of allylic oxidation sites excluding steroid dienone is 1. The highest BCUT2D eigenvalue weighted by Crippen LogP contribution is 2.33. The van der Waals surface area contributed by atoms with Gasteiger partial charge in [0.2, 0.25) is 0 Å². The first-order valence-corrected chi connectivity index (χ1v) is 8.39. The summed E-state index contributed by atoms with van der Waals surface area (Å²) >= 11 is 6.03. The number of ether oxygens (including phenoxy) is 1. The van der Waals surface area contributed by atoms with Crippen LogP contribution < -0.4 is 4.74 Å². The summed E-state index contributed by atoms with van der Waals surface area (Å²) in [6, 6.07) is 5.77. The highest BCUT2D eigenvalue weighted by molar-refractivity contribution is 8.26. The Kier molecular flexibility index (Phi) is 6.16. The van der Waals surface area contributed by atoms with E-state index in [4.69, 9.17) is 22.1 Å². The minimum Gasteiger partial charge on any atom is -0.497 e. The zero-order valence-corrected chi connectivity index (χ0v) is 14.8. The van der Waals surface area contributed by atoms with E-state index in [1.54, 1.807) is 25.3 Å². The maximum Gasteiger partial charge on any atom is 0.327 e. The van der Waals surface area contributed by atoms with Gasteiger partial charge in [0.25, 0.3) is 5.91 Å². The lowest BCUT2D eigenvalue weighted by atomic mass is 10.1. The lowest BCUT2D eigenvalue weighted by Gasteiger charge is -2.21. The molecule has 0 aromatic heterocycles. The summed E-state index contributed by atoms with van der Waals surface area (Å²) in [6.07, 6.45) is 1.39. The van der Waals surface area contributed by atoms with Crippen LogP contribution in [-0.4, -0.2) is 50.4 Å². The zero-order valence-electron chi connectivity index (χ0n) is 13.2. The number of carbonyl (C=O) groups excluding carboxylic acids is 1. The fourth-order valence-corrected chi connectivity index (χ4v) is 3.54. The van der Waals surface area contributed by atoms with Crippen LogP contribution in [0.3, 0.4) is 0 Å². The van der Waals surface area contributed by atoms with E-state index in [1.807, 2.05) is 12.1 Å². The van der Waals surface area contributed by atoms with Crippen molar-refractivity contribution in [3.63, 3.8) is 0 Å². The number of hydrogen-bond donors (Lipinski definition) is 2. The molecule has 2 rings (SSSR count). The predicted molar refractivity (Wildman–Crippen MR) is 95.5 cm³/mol. The normalized spacial score (nSPS) is 17.0. The summed E-state index contributed by atoms with van der Waals surface area (Å²) in [4.78, 5) is 35.7. The standard InChI is InChI=1S/C16H15NO6S2/c1-23-10-5-2-9(3-6-10)4-7-12-14(20)17(16(24)25-12)11(15(21)22)8-13(18)19/h2-3,5-7,11H,4,8H2,1H3,(H,18,19)(H,21,22). The molecule has 0 radical (unpaired) electrons. The number of methoxy groups -OCH3 is 1. The maximum atomic E-state index is 12.4. The second kappa shape index (κ2) is 8.13. The molecule has 1 saturated heterocycles. The first-order chi connectivity index (χ1) is 11.8. The summed E-state index contributed by atoms with van der Waals surface area (Å²) < 4.78 is 5.11. The molecule has 1 amide bonds. The number of nitrogens with zero attached hydrogens (tertiary/aromatic N) is 1. The number of rotatable bonds is 7. The first kappa shape index (κ1) is 18.9. The SMILES string of the molecule is COc1ccc(CC=C2SC(=S)N(C(CC(=O)O)C(=O)O)C2=O)cc1. The lowest BCUT2D eigenvalue weighted by Crippen LogP contribution is -2.45. The van der Waals surface area contributed by atoms with E-state index >= 15 is 0 Å². The Morgan fingerprint density at radius 1 is 1.32 bits per heavy atom. The van der Waals surface area contributed by atoms with Gasteiger partial charge in [0.15, 0.2) is 0 Å². The number of aliphatic carboxylic acids is 2. The fourth-order valence-electron chi connectivity index (χ4n) is 2.21. The number of benzene rings is 1. The summed E-state index contributed by atoms with van der Waals surface area (Å²) in [7, 11) is 1.57. The Labute approximate surface area is 153 Å². The van der Waals surface area contributed by atoms with Gasteiger partial charge in [-0.3, -0.25) is 14.5 Å². The van der Waals surface area contributed by atoms with Gasteiger partial charge in [0.1, 0.15) is 16.1 Å². The maximum absolute atomic E-state index is 12.4. The van der Waals surface area contributed by atoms with Crippen LogP contribution >= 0.6 is 24.0 Å². The van der Waals surface area contributed by atoms with Crippen molar-refractivity contribution in [2.24, 2.45) is 0 Å². The summed E-state index contributed by atoms with van der Waals surface area (Å²) in [5.41, 5.74) is 0.936. The molecule has 25 heavy (non-hydrogen) atoms. The van der Waals surface area contributed by atoms with Crippen molar-refractivity contribution >= 4 is 46.1 Å². The molecule has 0 aliphatic carbocycles. The monoisotopic (exact) mass is 381 g/mol. The molecule has 1 aliphatic rings. The van der Waals surface area contributed by atoms with Crippen LogP contribution in [0.15, 0.2) is 35.2 Å². The molecule has 1 fully saturated rings. The molecule has 132 valence electrons.